The fourth-order valence-electron chi connectivity index (χ4n) is 3.30. The molecule has 146 valence electrons. The van der Waals surface area contributed by atoms with Crippen molar-refractivity contribution in [2.45, 2.75) is 51.5 Å². The third-order valence-corrected chi connectivity index (χ3v) is 4.94. The second-order valence-electron chi connectivity index (χ2n) is 8.11. The van der Waals surface area contributed by atoms with Crippen LogP contribution in [0.5, 0.6) is 5.75 Å². The Hall–Kier alpha value is -2.57. The third-order valence-electron chi connectivity index (χ3n) is 4.94. The molecular weight excluding hydrogens is 346 g/mol. The quantitative estimate of drug-likeness (QED) is 0.840. The van der Waals surface area contributed by atoms with Crippen LogP contribution < -0.4 is 20.3 Å². The predicted octanol–water partition coefficient (Wildman–Crippen LogP) is 1.49. The molecule has 7 nitrogen and oxygen atoms in total. The van der Waals surface area contributed by atoms with Crippen LogP contribution in [-0.4, -0.2) is 43.5 Å². The Morgan fingerprint density at radius 1 is 1.30 bits per heavy atom. The van der Waals surface area contributed by atoms with E-state index >= 15 is 0 Å². The zero-order valence-corrected chi connectivity index (χ0v) is 16.1. The maximum absolute atomic E-state index is 12.5. The second-order valence-corrected chi connectivity index (χ2v) is 8.11. The average Bonchev–Trinajstić information content (AvgIpc) is 2.81. The number of nitrogens with one attached hydrogen (secondary N) is 2. The van der Waals surface area contributed by atoms with E-state index in [0.717, 1.165) is 18.4 Å². The van der Waals surface area contributed by atoms with Crippen molar-refractivity contribution in [1.29, 1.82) is 0 Å². The van der Waals surface area contributed by atoms with Crippen LogP contribution in [0.15, 0.2) is 18.2 Å². The van der Waals surface area contributed by atoms with Gasteiger partial charge < -0.3 is 15.4 Å². The first kappa shape index (κ1) is 19.2. The highest BCUT2D eigenvalue weighted by molar-refractivity contribution is 6.02. The van der Waals surface area contributed by atoms with Crippen molar-refractivity contribution in [2.75, 3.05) is 24.6 Å². The SMILES string of the molecule is CC(C)(C)c1ccc2c(c1)N(CC(=O)NC1CCCCNC1=O)C(=O)CO2. The van der Waals surface area contributed by atoms with Gasteiger partial charge in [-0.25, -0.2) is 0 Å². The van der Waals surface area contributed by atoms with E-state index in [9.17, 15) is 14.4 Å². The summed E-state index contributed by atoms with van der Waals surface area (Å²) in [7, 11) is 0. The van der Waals surface area contributed by atoms with E-state index in [1.807, 2.05) is 18.2 Å². The highest BCUT2D eigenvalue weighted by Gasteiger charge is 2.30. The number of benzene rings is 1. The van der Waals surface area contributed by atoms with Gasteiger partial charge in [0.1, 0.15) is 18.3 Å². The number of ether oxygens (including phenoxy) is 1. The molecule has 7 heteroatoms. The monoisotopic (exact) mass is 373 g/mol. The van der Waals surface area contributed by atoms with Crippen LogP contribution in [0.3, 0.4) is 0 Å². The molecule has 1 aromatic rings. The summed E-state index contributed by atoms with van der Waals surface area (Å²) in [5, 5.41) is 5.56. The average molecular weight is 373 g/mol. The van der Waals surface area contributed by atoms with E-state index in [-0.39, 0.29) is 36.3 Å². The molecule has 3 rings (SSSR count). The van der Waals surface area contributed by atoms with Gasteiger partial charge in [-0.15, -0.1) is 0 Å². The zero-order valence-electron chi connectivity index (χ0n) is 16.1. The molecule has 0 aromatic heterocycles. The zero-order chi connectivity index (χ0) is 19.6. The molecule has 1 fully saturated rings. The number of anilines is 1. The Balaban J connectivity index is 1.77. The number of hydrogen-bond donors (Lipinski definition) is 2. The molecule has 2 aliphatic rings. The second kappa shape index (κ2) is 7.58. The standard InChI is InChI=1S/C20H27N3O4/c1-20(2,3)13-7-8-16-15(10-13)23(18(25)12-27-16)11-17(24)22-14-6-4-5-9-21-19(14)26/h7-8,10,14H,4-6,9,11-12H2,1-3H3,(H,21,26)(H,22,24). The smallest absolute Gasteiger partial charge is 0.265 e. The Labute approximate surface area is 159 Å². The first-order chi connectivity index (χ1) is 12.8. The van der Waals surface area contributed by atoms with Crippen molar-refractivity contribution in [3.05, 3.63) is 23.8 Å². The lowest BCUT2D eigenvalue weighted by Crippen LogP contribution is -2.50. The van der Waals surface area contributed by atoms with E-state index in [0.29, 0.717) is 24.4 Å². The van der Waals surface area contributed by atoms with Crippen LogP contribution in [0.25, 0.3) is 0 Å². The minimum Gasteiger partial charge on any atom is -0.482 e. The van der Waals surface area contributed by atoms with E-state index < -0.39 is 6.04 Å². The van der Waals surface area contributed by atoms with Crippen LogP contribution in [-0.2, 0) is 19.8 Å². The number of carbonyl (C=O) groups excluding carboxylic acids is 3. The summed E-state index contributed by atoms with van der Waals surface area (Å²) >= 11 is 0. The maximum Gasteiger partial charge on any atom is 0.265 e. The first-order valence-corrected chi connectivity index (χ1v) is 9.40. The lowest BCUT2D eigenvalue weighted by molar-refractivity contribution is -0.129. The minimum atomic E-state index is -0.545. The van der Waals surface area contributed by atoms with E-state index in [4.69, 9.17) is 4.74 Å². The molecule has 1 aromatic carbocycles. The summed E-state index contributed by atoms with van der Waals surface area (Å²) in [6.45, 7) is 6.66. The van der Waals surface area contributed by atoms with Gasteiger partial charge in [-0.1, -0.05) is 26.8 Å². The Morgan fingerprint density at radius 3 is 2.81 bits per heavy atom. The molecule has 2 heterocycles. The summed E-state index contributed by atoms with van der Waals surface area (Å²) in [5.41, 5.74) is 1.55. The summed E-state index contributed by atoms with van der Waals surface area (Å²) in [6.07, 6.45) is 2.39. The van der Waals surface area contributed by atoms with Gasteiger partial charge in [0.05, 0.1) is 5.69 Å². The fraction of sp³-hybridized carbons (Fsp3) is 0.550. The van der Waals surface area contributed by atoms with Gasteiger partial charge in [-0.2, -0.15) is 0 Å². The molecule has 1 unspecified atom stereocenters. The maximum atomic E-state index is 12.5. The summed E-state index contributed by atoms with van der Waals surface area (Å²) < 4.78 is 5.51. The highest BCUT2D eigenvalue weighted by atomic mass is 16.5. The van der Waals surface area contributed by atoms with Crippen LogP contribution in [0.4, 0.5) is 5.69 Å². The molecule has 1 saturated heterocycles. The number of amides is 3. The molecule has 1 atom stereocenters. The number of hydrogen-bond acceptors (Lipinski definition) is 4. The van der Waals surface area contributed by atoms with Crippen molar-refractivity contribution < 1.29 is 19.1 Å². The van der Waals surface area contributed by atoms with Crippen LogP contribution in [0.1, 0.15) is 45.6 Å². The van der Waals surface area contributed by atoms with Crippen LogP contribution in [0.2, 0.25) is 0 Å². The lowest BCUT2D eigenvalue weighted by Gasteiger charge is -2.31. The van der Waals surface area contributed by atoms with Crippen molar-refractivity contribution in [3.8, 4) is 5.75 Å². The Bertz CT molecular complexity index is 754. The molecule has 2 aliphatic heterocycles. The normalized spacial score (nSPS) is 20.3. The molecule has 0 saturated carbocycles. The van der Waals surface area contributed by atoms with Crippen LogP contribution in [0, 0.1) is 0 Å². The molecule has 27 heavy (non-hydrogen) atoms. The number of fused-ring (bicyclic) bond motifs is 1. The lowest BCUT2D eigenvalue weighted by atomic mass is 9.86. The highest BCUT2D eigenvalue weighted by Crippen LogP contribution is 2.36. The summed E-state index contributed by atoms with van der Waals surface area (Å²) in [6, 6.07) is 5.17. The largest absolute Gasteiger partial charge is 0.482 e. The van der Waals surface area contributed by atoms with Gasteiger partial charge in [0, 0.05) is 6.54 Å². The van der Waals surface area contributed by atoms with Crippen molar-refractivity contribution in [1.82, 2.24) is 10.6 Å². The Morgan fingerprint density at radius 2 is 2.07 bits per heavy atom. The number of nitrogens with zero attached hydrogens (tertiary/aromatic N) is 1. The van der Waals surface area contributed by atoms with Crippen molar-refractivity contribution in [3.63, 3.8) is 0 Å². The predicted molar refractivity (Wildman–Crippen MR) is 102 cm³/mol. The summed E-state index contributed by atoms with van der Waals surface area (Å²) in [5.74, 6) is -0.194. The molecule has 0 aliphatic carbocycles. The van der Waals surface area contributed by atoms with E-state index in [1.54, 1.807) is 0 Å². The van der Waals surface area contributed by atoms with Gasteiger partial charge in [0.2, 0.25) is 11.8 Å². The van der Waals surface area contributed by atoms with Gasteiger partial charge >= 0.3 is 0 Å². The molecule has 3 amide bonds. The van der Waals surface area contributed by atoms with Gasteiger partial charge in [0.15, 0.2) is 6.61 Å². The molecule has 2 N–H and O–H groups in total. The number of rotatable bonds is 3. The van der Waals surface area contributed by atoms with E-state index in [1.165, 1.54) is 4.90 Å². The Kier molecular flexibility index (Phi) is 5.39. The summed E-state index contributed by atoms with van der Waals surface area (Å²) in [4.78, 5) is 38.4. The third kappa shape index (κ3) is 4.40. The van der Waals surface area contributed by atoms with Gasteiger partial charge in [-0.05, 0) is 42.4 Å². The van der Waals surface area contributed by atoms with Crippen molar-refractivity contribution in [2.24, 2.45) is 0 Å². The van der Waals surface area contributed by atoms with Crippen LogP contribution >= 0.6 is 0 Å². The molecule has 0 bridgehead atoms. The topological polar surface area (TPSA) is 87.7 Å². The molecule has 0 spiro atoms. The van der Waals surface area contributed by atoms with Gasteiger partial charge in [0.25, 0.3) is 5.91 Å². The fourth-order valence-corrected chi connectivity index (χ4v) is 3.30. The molecule has 0 radical (unpaired) electrons. The minimum absolute atomic E-state index is 0.0953. The first-order valence-electron chi connectivity index (χ1n) is 9.40. The van der Waals surface area contributed by atoms with Gasteiger partial charge in [-0.3, -0.25) is 19.3 Å². The molecular formula is C20H27N3O4. The van der Waals surface area contributed by atoms with E-state index in [2.05, 4.69) is 31.4 Å². The van der Waals surface area contributed by atoms with Crippen molar-refractivity contribution >= 4 is 23.4 Å². The number of carbonyl (C=O) groups is 3.